The molecule has 0 amide bonds. The molecule has 0 heterocycles. The molecule has 15 heavy (non-hydrogen) atoms. The Hall–Kier alpha value is -0.0731. The first-order valence-electron chi connectivity index (χ1n) is 3.45. The van der Waals surface area contributed by atoms with Crippen LogP contribution in [-0.4, -0.2) is 62.6 Å². The molecule has 0 aliphatic rings. The summed E-state index contributed by atoms with van der Waals surface area (Å²) in [6.45, 7) is 0. The zero-order chi connectivity index (χ0) is 12.9. The van der Waals surface area contributed by atoms with Crippen molar-refractivity contribution >= 4 is 19.9 Å². The Morgan fingerprint density at radius 3 is 1.00 bits per heavy atom. The van der Waals surface area contributed by atoms with E-state index < -0.39 is 19.9 Å². The van der Waals surface area contributed by atoms with Crippen molar-refractivity contribution < 1.29 is 35.5 Å². The van der Waals surface area contributed by atoms with E-state index in [2.05, 4.69) is 4.74 Å². The molecular formula is C5H18O8SSi. The minimum atomic E-state index is -4.67. The Bertz CT molecular complexity index is 176. The molecule has 0 atom stereocenters. The molecule has 0 aromatic carbocycles. The molecule has 0 aromatic heterocycles. The SMILES string of the molecule is COC.CO[SiH](OC)OC.O=S(=O)(O)O. The first-order valence-corrected chi connectivity index (χ1v) is 6.26. The van der Waals surface area contributed by atoms with Crippen LogP contribution in [0.5, 0.6) is 0 Å². The van der Waals surface area contributed by atoms with Crippen LogP contribution in [0.3, 0.4) is 0 Å². The lowest BCUT2D eigenvalue weighted by Gasteiger charge is -2.05. The lowest BCUT2D eigenvalue weighted by molar-refractivity contribution is 0.163. The van der Waals surface area contributed by atoms with Gasteiger partial charge in [-0.3, -0.25) is 9.11 Å². The fourth-order valence-corrected chi connectivity index (χ4v) is 0.866. The third-order valence-electron chi connectivity index (χ3n) is 0.577. The molecule has 2 N–H and O–H groups in total. The lowest BCUT2D eigenvalue weighted by Crippen LogP contribution is -2.21. The van der Waals surface area contributed by atoms with Crippen LogP contribution in [0, 0.1) is 0 Å². The molecule has 0 unspecified atom stereocenters. The maximum absolute atomic E-state index is 8.74. The van der Waals surface area contributed by atoms with Crippen molar-refractivity contribution in [1.29, 1.82) is 0 Å². The second kappa shape index (κ2) is 13.9. The molecule has 0 fully saturated rings. The van der Waals surface area contributed by atoms with Crippen LogP contribution in [0.25, 0.3) is 0 Å². The van der Waals surface area contributed by atoms with Crippen LogP contribution in [0.4, 0.5) is 0 Å². The van der Waals surface area contributed by atoms with Crippen LogP contribution in [0.1, 0.15) is 0 Å². The molecule has 0 aliphatic heterocycles. The smallest absolute Gasteiger partial charge is 0.388 e. The average molecular weight is 266 g/mol. The number of hydrogen-bond acceptors (Lipinski definition) is 6. The van der Waals surface area contributed by atoms with Gasteiger partial charge in [0.25, 0.3) is 0 Å². The molecule has 0 aromatic rings. The van der Waals surface area contributed by atoms with Crippen molar-refractivity contribution in [1.82, 2.24) is 0 Å². The van der Waals surface area contributed by atoms with E-state index in [0.29, 0.717) is 0 Å². The molecule has 10 heteroatoms. The van der Waals surface area contributed by atoms with Crippen molar-refractivity contribution in [2.75, 3.05) is 35.5 Å². The third kappa shape index (κ3) is 56.4. The number of methoxy groups -OCH3 is 1. The standard InChI is InChI=1S/C3H10O3Si.C2H6O.H2O4S/c1-4-7(5-2)6-3;1-3-2;1-5(2,3)4/h7H,1-3H3;1-2H3;(H2,1,2,3,4). The summed E-state index contributed by atoms with van der Waals surface area (Å²) in [6.07, 6.45) is 0. The van der Waals surface area contributed by atoms with Gasteiger partial charge >= 0.3 is 19.9 Å². The van der Waals surface area contributed by atoms with Crippen LogP contribution < -0.4 is 0 Å². The van der Waals surface area contributed by atoms with Crippen LogP contribution in [0.15, 0.2) is 0 Å². The fourth-order valence-electron chi connectivity index (χ4n) is 0.289. The van der Waals surface area contributed by atoms with Crippen molar-refractivity contribution in [3.05, 3.63) is 0 Å². The Morgan fingerprint density at radius 2 is 1.00 bits per heavy atom. The molecule has 96 valence electrons. The molecule has 8 nitrogen and oxygen atoms in total. The normalized spacial score (nSPS) is 9.87. The summed E-state index contributed by atoms with van der Waals surface area (Å²) in [5.74, 6) is 0. The second-order valence-corrected chi connectivity index (χ2v) is 4.74. The van der Waals surface area contributed by atoms with E-state index >= 15 is 0 Å². The molecular weight excluding hydrogens is 248 g/mol. The van der Waals surface area contributed by atoms with Gasteiger partial charge in [0, 0.05) is 35.5 Å². The maximum Gasteiger partial charge on any atom is 0.483 e. The van der Waals surface area contributed by atoms with Gasteiger partial charge in [-0.05, 0) is 0 Å². The highest BCUT2D eigenvalue weighted by Gasteiger charge is 2.04. The summed E-state index contributed by atoms with van der Waals surface area (Å²) in [4.78, 5) is 0. The monoisotopic (exact) mass is 266 g/mol. The molecule has 0 saturated heterocycles. The van der Waals surface area contributed by atoms with Gasteiger partial charge in [-0.2, -0.15) is 8.42 Å². The van der Waals surface area contributed by atoms with Crippen molar-refractivity contribution in [2.45, 2.75) is 0 Å². The van der Waals surface area contributed by atoms with Gasteiger partial charge < -0.3 is 18.0 Å². The van der Waals surface area contributed by atoms with Crippen molar-refractivity contribution in [2.24, 2.45) is 0 Å². The highest BCUT2D eigenvalue weighted by molar-refractivity contribution is 7.79. The van der Waals surface area contributed by atoms with Gasteiger partial charge in [-0.1, -0.05) is 0 Å². The predicted molar refractivity (Wildman–Crippen MR) is 55.3 cm³/mol. The van der Waals surface area contributed by atoms with Crippen LogP contribution in [-0.2, 0) is 28.4 Å². The van der Waals surface area contributed by atoms with Gasteiger partial charge in [0.1, 0.15) is 0 Å². The van der Waals surface area contributed by atoms with E-state index in [1.807, 2.05) is 0 Å². The first kappa shape index (κ1) is 20.4. The zero-order valence-electron chi connectivity index (χ0n) is 9.33. The minimum Gasteiger partial charge on any atom is -0.388 e. The topological polar surface area (TPSA) is 112 Å². The number of ether oxygens (including phenoxy) is 1. The number of hydrogen-bond donors (Lipinski definition) is 2. The van der Waals surface area contributed by atoms with Crippen LogP contribution in [0.2, 0.25) is 0 Å². The molecule has 0 rings (SSSR count). The second-order valence-electron chi connectivity index (χ2n) is 1.85. The molecule has 0 radical (unpaired) electrons. The Morgan fingerprint density at radius 1 is 0.867 bits per heavy atom. The summed E-state index contributed by atoms with van der Waals surface area (Å²) in [5, 5.41) is 0. The van der Waals surface area contributed by atoms with Gasteiger partial charge in [-0.15, -0.1) is 0 Å². The largest absolute Gasteiger partial charge is 0.483 e. The molecule has 0 bridgehead atoms. The summed E-state index contributed by atoms with van der Waals surface area (Å²) in [6, 6.07) is 0. The summed E-state index contributed by atoms with van der Waals surface area (Å²) >= 11 is 0. The maximum atomic E-state index is 8.74. The molecule has 0 aliphatic carbocycles. The van der Waals surface area contributed by atoms with E-state index in [1.165, 1.54) is 0 Å². The lowest BCUT2D eigenvalue weighted by atomic mass is 11.6. The minimum absolute atomic E-state index is 1.57. The van der Waals surface area contributed by atoms with E-state index in [4.69, 9.17) is 30.8 Å². The molecule has 0 spiro atoms. The molecule has 0 saturated carbocycles. The van der Waals surface area contributed by atoms with E-state index in [1.54, 1.807) is 35.5 Å². The summed E-state index contributed by atoms with van der Waals surface area (Å²) in [7, 11) is 1.63. The van der Waals surface area contributed by atoms with Crippen LogP contribution >= 0.6 is 0 Å². The van der Waals surface area contributed by atoms with Crippen molar-refractivity contribution in [3.8, 4) is 0 Å². The van der Waals surface area contributed by atoms with Gasteiger partial charge in [-0.25, -0.2) is 0 Å². The Balaban J connectivity index is -0.000000158. The summed E-state index contributed by atoms with van der Waals surface area (Å²) < 4.78 is 50.1. The Labute approximate surface area is 91.6 Å². The van der Waals surface area contributed by atoms with Gasteiger partial charge in [0.15, 0.2) is 0 Å². The quantitative estimate of drug-likeness (QED) is 0.507. The van der Waals surface area contributed by atoms with E-state index in [-0.39, 0.29) is 0 Å². The van der Waals surface area contributed by atoms with E-state index in [9.17, 15) is 0 Å². The fraction of sp³-hybridized carbons (Fsp3) is 1.00. The van der Waals surface area contributed by atoms with Gasteiger partial charge in [0.05, 0.1) is 0 Å². The summed E-state index contributed by atoms with van der Waals surface area (Å²) in [5.41, 5.74) is 0. The van der Waals surface area contributed by atoms with Crippen molar-refractivity contribution in [3.63, 3.8) is 0 Å². The highest BCUT2D eigenvalue weighted by Crippen LogP contribution is 1.81. The first-order chi connectivity index (χ1) is 6.76. The number of rotatable bonds is 3. The highest BCUT2D eigenvalue weighted by atomic mass is 32.3. The van der Waals surface area contributed by atoms with E-state index in [0.717, 1.165) is 0 Å². The Kier molecular flexibility index (Phi) is 18.9. The zero-order valence-corrected chi connectivity index (χ0v) is 11.3. The average Bonchev–Trinajstić information content (AvgIpc) is 2.06. The predicted octanol–water partition coefficient (Wildman–Crippen LogP) is -0.747. The third-order valence-corrected chi connectivity index (χ3v) is 1.73. The van der Waals surface area contributed by atoms with Gasteiger partial charge in [0.2, 0.25) is 0 Å².